The molecule has 0 unspecified atom stereocenters. The number of benzene rings is 2. The fraction of sp³-hybridized carbons (Fsp3) is 0.344. The summed E-state index contributed by atoms with van der Waals surface area (Å²) in [6.07, 6.45) is 10.3. The topological polar surface area (TPSA) is 87.8 Å². The zero-order valence-corrected chi connectivity index (χ0v) is 28.1. The Hall–Kier alpha value is -2.38. The highest BCUT2D eigenvalue weighted by Gasteiger charge is 2.24. The van der Waals surface area contributed by atoms with E-state index in [1.807, 2.05) is 66.4 Å². The average Bonchev–Trinajstić information content (AvgIpc) is 3.53. The summed E-state index contributed by atoms with van der Waals surface area (Å²) in [5.41, 5.74) is 4.17. The lowest BCUT2D eigenvalue weighted by Crippen LogP contribution is -2.38. The van der Waals surface area contributed by atoms with E-state index in [0.717, 1.165) is 47.9 Å². The largest absolute Gasteiger partial charge is 0.853 e. The summed E-state index contributed by atoms with van der Waals surface area (Å²) in [5.74, 6) is 1.27. The molecule has 230 valence electrons. The molecule has 0 amide bonds. The molecular weight excluding hydrogens is 619 g/mol. The van der Waals surface area contributed by atoms with Crippen molar-refractivity contribution in [2.24, 2.45) is 0 Å². The summed E-state index contributed by atoms with van der Waals surface area (Å²) in [5, 5.41) is 13.2. The Morgan fingerprint density at radius 3 is 2.42 bits per heavy atom. The molecule has 0 saturated carbocycles. The number of fused-ring (bicyclic) bond motifs is 2. The molecule has 1 N–H and O–H groups in total. The molecule has 5 rings (SSSR count). The van der Waals surface area contributed by atoms with Gasteiger partial charge in [0.25, 0.3) is 10.9 Å². The van der Waals surface area contributed by atoms with Crippen molar-refractivity contribution in [3.05, 3.63) is 94.0 Å². The Labute approximate surface area is 268 Å². The lowest BCUT2D eigenvalue weighted by molar-refractivity contribution is -0.649. The maximum absolute atomic E-state index is 11.6. The number of hydrogen-bond donors (Lipinski definition) is 1. The van der Waals surface area contributed by atoms with E-state index in [1.54, 1.807) is 16.3 Å². The zero-order valence-electron chi connectivity index (χ0n) is 24.8. The van der Waals surface area contributed by atoms with Gasteiger partial charge in [0.1, 0.15) is 4.70 Å². The van der Waals surface area contributed by atoms with Gasteiger partial charge < -0.3 is 14.9 Å². The Morgan fingerprint density at radius 2 is 1.72 bits per heavy atom. The van der Waals surface area contributed by atoms with Crippen molar-refractivity contribution in [3.63, 3.8) is 0 Å². The zero-order chi connectivity index (χ0) is 30.8. The van der Waals surface area contributed by atoms with Gasteiger partial charge in [0, 0.05) is 35.1 Å². The quantitative estimate of drug-likeness (QED) is 0.216. The molecule has 0 radical (unpaired) electrons. The third-order valence-corrected chi connectivity index (χ3v) is 10.9. The summed E-state index contributed by atoms with van der Waals surface area (Å²) in [4.78, 5) is 5.62. The minimum Gasteiger partial charge on any atom is -0.853 e. The van der Waals surface area contributed by atoms with Gasteiger partial charge in [0.15, 0.2) is 0 Å². The molecule has 0 bridgehead atoms. The van der Waals surface area contributed by atoms with E-state index in [4.69, 9.17) is 0 Å². The number of anilines is 1. The highest BCUT2D eigenvalue weighted by atomic mass is 32.2. The smallest absolute Gasteiger partial charge is 0.326 e. The maximum Gasteiger partial charge on any atom is 0.326 e. The Bertz CT molecular complexity index is 1620. The standard InChI is InChI=1S/C26H24N2O4S4.C6H15N/c29-14-13-27-21-5-1-3-7-23(21)34-25(27)11-9-19-15-20(17-33-16-19)10-12-26-28(18-36(30,31)32)22-6-2-4-8-24(22)35-26;1-4-7(5-2)6-3/h1-12,15H,13-14,16-18H2,(H,30,31,32);4-6H2,1-3H3. The molecule has 0 saturated heterocycles. The number of hydrogen-bond acceptors (Lipinski definition) is 8. The van der Waals surface area contributed by atoms with Crippen LogP contribution in [-0.4, -0.2) is 62.2 Å². The van der Waals surface area contributed by atoms with Crippen LogP contribution < -0.4 is 14.6 Å². The first-order chi connectivity index (χ1) is 20.8. The summed E-state index contributed by atoms with van der Waals surface area (Å²) in [6.45, 7) is 10.4. The van der Waals surface area contributed by atoms with Crippen molar-refractivity contribution in [2.45, 2.75) is 31.5 Å². The van der Waals surface area contributed by atoms with E-state index in [-0.39, 0.29) is 6.61 Å². The third-order valence-electron chi connectivity index (χ3n) is 7.01. The summed E-state index contributed by atoms with van der Waals surface area (Å²) in [7, 11) is -4.18. The van der Waals surface area contributed by atoms with Gasteiger partial charge >= 0.3 is 10.1 Å². The first-order valence-electron chi connectivity index (χ1n) is 14.3. The van der Waals surface area contributed by atoms with Crippen LogP contribution in [0.1, 0.15) is 25.8 Å². The first-order valence-corrected chi connectivity index (χ1v) is 18.7. The minimum atomic E-state index is -4.18. The van der Waals surface area contributed by atoms with E-state index >= 15 is 0 Å². The number of para-hydroxylation sites is 2. The van der Waals surface area contributed by atoms with Crippen LogP contribution in [0.2, 0.25) is 0 Å². The minimum absolute atomic E-state index is 0.164. The Kier molecular flexibility index (Phi) is 12.5. The molecule has 0 aliphatic carbocycles. The second kappa shape index (κ2) is 16.1. The van der Waals surface area contributed by atoms with Crippen molar-refractivity contribution in [1.82, 2.24) is 4.90 Å². The number of thiazole rings is 1. The molecule has 2 aromatic carbocycles. The molecular formula is C32H39N3O4S4. The Balaban J connectivity index is 0.000000541. The third kappa shape index (κ3) is 9.31. The lowest BCUT2D eigenvalue weighted by atomic mass is 10.1. The van der Waals surface area contributed by atoms with Crippen LogP contribution in [0.25, 0.3) is 16.3 Å². The van der Waals surface area contributed by atoms with Crippen molar-refractivity contribution >= 4 is 67.0 Å². The molecule has 3 aromatic rings. The summed E-state index contributed by atoms with van der Waals surface area (Å²) in [6, 6.07) is 15.7. The van der Waals surface area contributed by atoms with Crippen molar-refractivity contribution in [3.8, 4) is 0 Å². The maximum atomic E-state index is 11.6. The highest BCUT2D eigenvalue weighted by molar-refractivity contribution is 8.03. The van der Waals surface area contributed by atoms with E-state index in [1.165, 1.54) is 36.5 Å². The number of allylic oxidation sites excluding steroid dienone is 4. The number of thioether (sulfide) groups is 2. The van der Waals surface area contributed by atoms with Gasteiger partial charge in [-0.15, -0.1) is 6.61 Å². The SMILES string of the molecule is CCN(CC)CC.O=S(=O)(O)C[n+]1c(C=CC2=CC(=CC=C3Sc4ccccc4N3CC[O-])CSC2)sc2ccccc21. The van der Waals surface area contributed by atoms with Crippen molar-refractivity contribution in [2.75, 3.05) is 49.2 Å². The molecule has 0 spiro atoms. The van der Waals surface area contributed by atoms with Crippen LogP contribution in [0.3, 0.4) is 0 Å². The van der Waals surface area contributed by atoms with E-state index in [2.05, 4.69) is 54.9 Å². The molecule has 3 heterocycles. The van der Waals surface area contributed by atoms with Gasteiger partial charge in [-0.2, -0.15) is 24.7 Å². The van der Waals surface area contributed by atoms with Crippen LogP contribution in [0.4, 0.5) is 5.69 Å². The second-order valence-corrected chi connectivity index (χ2v) is 14.4. The molecule has 7 nitrogen and oxygen atoms in total. The van der Waals surface area contributed by atoms with Gasteiger partial charge in [0.05, 0.1) is 10.7 Å². The van der Waals surface area contributed by atoms with Crippen LogP contribution in [0, 0.1) is 0 Å². The Morgan fingerprint density at radius 1 is 1.00 bits per heavy atom. The van der Waals surface area contributed by atoms with E-state index in [0.29, 0.717) is 6.54 Å². The van der Waals surface area contributed by atoms with Crippen LogP contribution in [-0.2, 0) is 16.0 Å². The highest BCUT2D eigenvalue weighted by Crippen LogP contribution is 2.45. The monoisotopic (exact) mass is 657 g/mol. The van der Waals surface area contributed by atoms with Crippen molar-refractivity contribution < 1.29 is 22.6 Å². The van der Waals surface area contributed by atoms with Gasteiger partial charge in [-0.3, -0.25) is 4.55 Å². The van der Waals surface area contributed by atoms with Crippen molar-refractivity contribution in [1.29, 1.82) is 0 Å². The second-order valence-electron chi connectivity index (χ2n) is 9.88. The lowest BCUT2D eigenvalue weighted by Gasteiger charge is -2.22. The summed E-state index contributed by atoms with van der Waals surface area (Å²) < 4.78 is 35.3. The molecule has 1 aromatic heterocycles. The van der Waals surface area contributed by atoms with Crippen LogP contribution >= 0.6 is 34.9 Å². The first kappa shape index (κ1) is 33.5. The molecule has 11 heteroatoms. The van der Waals surface area contributed by atoms with Gasteiger partial charge in [0.2, 0.25) is 5.52 Å². The fourth-order valence-corrected chi connectivity index (χ4v) is 8.57. The van der Waals surface area contributed by atoms with Gasteiger partial charge in [-0.05, 0) is 55.1 Å². The number of nitrogens with zero attached hydrogens (tertiary/aromatic N) is 3. The van der Waals surface area contributed by atoms with Gasteiger partial charge in [-0.25, -0.2) is 0 Å². The predicted molar refractivity (Wildman–Crippen MR) is 182 cm³/mol. The average molecular weight is 658 g/mol. The molecule has 0 fully saturated rings. The molecule has 43 heavy (non-hydrogen) atoms. The van der Waals surface area contributed by atoms with Crippen LogP contribution in [0.15, 0.2) is 93.9 Å². The molecule has 2 aliphatic rings. The predicted octanol–water partition coefficient (Wildman–Crippen LogP) is 5.81. The number of aromatic nitrogens is 1. The number of rotatable bonds is 10. The van der Waals surface area contributed by atoms with Gasteiger partial charge in [-0.1, -0.05) is 86.4 Å². The molecule has 2 aliphatic heterocycles. The fourth-order valence-electron chi connectivity index (χ4n) is 4.80. The van der Waals surface area contributed by atoms with E-state index < -0.39 is 16.0 Å². The summed E-state index contributed by atoms with van der Waals surface area (Å²) >= 11 is 4.99. The van der Waals surface area contributed by atoms with Crippen LogP contribution in [0.5, 0.6) is 0 Å². The molecule has 0 atom stereocenters. The van der Waals surface area contributed by atoms with E-state index in [9.17, 15) is 18.1 Å². The normalized spacial score (nSPS) is 17.2.